The van der Waals surface area contributed by atoms with Gasteiger partial charge in [0, 0.05) is 22.5 Å². The second-order valence-corrected chi connectivity index (χ2v) is 6.52. The highest BCUT2D eigenvalue weighted by Gasteiger charge is 2.42. The fourth-order valence-electron chi connectivity index (χ4n) is 4.20. The zero-order valence-corrected chi connectivity index (χ0v) is 13.3. The lowest BCUT2D eigenvalue weighted by Crippen LogP contribution is -2.44. The van der Waals surface area contributed by atoms with E-state index in [4.69, 9.17) is 4.74 Å². The molecule has 0 radical (unpaired) electrons. The molecule has 2 heterocycles. The first-order valence-corrected chi connectivity index (χ1v) is 8.37. The van der Waals surface area contributed by atoms with Gasteiger partial charge >= 0.3 is 5.97 Å². The third-order valence-corrected chi connectivity index (χ3v) is 5.24. The van der Waals surface area contributed by atoms with Crippen molar-refractivity contribution < 1.29 is 14.6 Å². The molecule has 23 heavy (non-hydrogen) atoms. The van der Waals surface area contributed by atoms with E-state index in [0.717, 1.165) is 41.5 Å². The van der Waals surface area contributed by atoms with Crippen LogP contribution in [0.3, 0.4) is 0 Å². The van der Waals surface area contributed by atoms with Crippen molar-refractivity contribution in [3.05, 3.63) is 35.5 Å². The number of fused-ring (bicyclic) bond motifs is 6. The van der Waals surface area contributed by atoms with E-state index in [-0.39, 0.29) is 17.9 Å². The summed E-state index contributed by atoms with van der Waals surface area (Å²) in [5, 5.41) is 11.8. The van der Waals surface area contributed by atoms with Gasteiger partial charge in [0.1, 0.15) is 0 Å². The number of likely N-dealkylation sites (tertiary alicyclic amines) is 1. The van der Waals surface area contributed by atoms with Gasteiger partial charge in [-0.1, -0.05) is 18.2 Å². The molecule has 1 aliphatic heterocycles. The van der Waals surface area contributed by atoms with Crippen LogP contribution in [0, 0.1) is 5.92 Å². The first kappa shape index (κ1) is 14.7. The number of aromatic nitrogens is 1. The van der Waals surface area contributed by atoms with Crippen LogP contribution >= 0.6 is 0 Å². The second kappa shape index (κ2) is 5.65. The van der Waals surface area contributed by atoms with E-state index < -0.39 is 6.10 Å². The molecule has 1 aromatic heterocycles. The number of benzene rings is 1. The smallest absolute Gasteiger partial charge is 0.320 e. The van der Waals surface area contributed by atoms with Gasteiger partial charge in [0.25, 0.3) is 0 Å². The minimum atomic E-state index is -0.432. The molecule has 0 saturated carbocycles. The zero-order valence-electron chi connectivity index (χ0n) is 13.3. The van der Waals surface area contributed by atoms with Gasteiger partial charge in [0.2, 0.25) is 0 Å². The molecule has 2 bridgehead atoms. The number of hydrogen-bond donors (Lipinski definition) is 2. The molecule has 0 spiro atoms. The molecule has 2 aliphatic rings. The molecule has 1 saturated heterocycles. The van der Waals surface area contributed by atoms with Crippen molar-refractivity contribution in [2.75, 3.05) is 19.7 Å². The fraction of sp³-hybridized carbons (Fsp3) is 0.500. The van der Waals surface area contributed by atoms with Crippen molar-refractivity contribution in [3.8, 4) is 0 Å². The monoisotopic (exact) mass is 314 g/mol. The Labute approximate surface area is 135 Å². The van der Waals surface area contributed by atoms with Crippen molar-refractivity contribution in [1.82, 2.24) is 9.88 Å². The van der Waals surface area contributed by atoms with E-state index in [9.17, 15) is 9.90 Å². The van der Waals surface area contributed by atoms with E-state index in [2.05, 4.69) is 16.0 Å². The van der Waals surface area contributed by atoms with Gasteiger partial charge in [-0.15, -0.1) is 0 Å². The predicted molar refractivity (Wildman–Crippen MR) is 86.9 cm³/mol. The van der Waals surface area contributed by atoms with Crippen LogP contribution in [0.4, 0.5) is 0 Å². The first-order chi connectivity index (χ1) is 11.2. The summed E-state index contributed by atoms with van der Waals surface area (Å²) in [4.78, 5) is 17.5. The molecule has 4 rings (SSSR count). The Hall–Kier alpha value is -1.85. The number of piperidine rings is 1. The van der Waals surface area contributed by atoms with Crippen LogP contribution in [0.25, 0.3) is 10.9 Å². The fourth-order valence-corrected chi connectivity index (χ4v) is 4.20. The van der Waals surface area contributed by atoms with Crippen molar-refractivity contribution in [1.29, 1.82) is 0 Å². The van der Waals surface area contributed by atoms with Crippen LogP contribution in [0.15, 0.2) is 24.3 Å². The molecule has 122 valence electrons. The van der Waals surface area contributed by atoms with E-state index in [1.165, 1.54) is 0 Å². The highest BCUT2D eigenvalue weighted by atomic mass is 16.5. The van der Waals surface area contributed by atoms with Crippen LogP contribution in [-0.4, -0.2) is 40.7 Å². The molecule has 3 unspecified atom stereocenters. The van der Waals surface area contributed by atoms with E-state index in [1.807, 2.05) is 25.1 Å². The van der Waals surface area contributed by atoms with Gasteiger partial charge < -0.3 is 14.8 Å². The Morgan fingerprint density at radius 2 is 2.26 bits per heavy atom. The van der Waals surface area contributed by atoms with E-state index >= 15 is 0 Å². The predicted octanol–water partition coefficient (Wildman–Crippen LogP) is 2.53. The summed E-state index contributed by atoms with van der Waals surface area (Å²) in [6.45, 7) is 3.39. The number of para-hydroxylation sites is 1. The Balaban J connectivity index is 1.75. The average molecular weight is 314 g/mol. The van der Waals surface area contributed by atoms with Crippen molar-refractivity contribution in [2.45, 2.75) is 31.9 Å². The number of carbonyl (C=O) groups excluding carboxylic acids is 1. The van der Waals surface area contributed by atoms with Gasteiger partial charge in [-0.05, 0) is 38.3 Å². The minimum absolute atomic E-state index is 0.168. The molecule has 0 amide bonds. The SMILES string of the molecule is CCOC(=O)CN1CCC2CC1c1c([nH]c3ccccc13)C2O. The second-order valence-electron chi connectivity index (χ2n) is 6.52. The summed E-state index contributed by atoms with van der Waals surface area (Å²) in [6.07, 6.45) is 1.37. The number of nitrogens with zero attached hydrogens (tertiary/aromatic N) is 1. The number of rotatable bonds is 3. The standard InChI is InChI=1S/C18H22N2O3/c1-2-23-15(21)10-20-8-7-11-9-14(20)16-12-5-3-4-6-13(12)19-17(16)18(11)22/h3-6,11,14,18-19,22H,2,7-10H2,1H3. The third-order valence-electron chi connectivity index (χ3n) is 5.24. The number of esters is 1. The molecular formula is C18H22N2O3. The maximum Gasteiger partial charge on any atom is 0.320 e. The number of nitrogens with one attached hydrogen (secondary N) is 1. The molecule has 3 atom stereocenters. The molecule has 1 aliphatic carbocycles. The van der Waals surface area contributed by atoms with Crippen LogP contribution in [0.1, 0.15) is 43.2 Å². The molecule has 5 nitrogen and oxygen atoms in total. The normalized spacial score (nSPS) is 27.0. The van der Waals surface area contributed by atoms with Crippen LogP contribution in [0.2, 0.25) is 0 Å². The van der Waals surface area contributed by atoms with Crippen molar-refractivity contribution in [3.63, 3.8) is 0 Å². The number of aromatic amines is 1. The molecule has 5 heteroatoms. The van der Waals surface area contributed by atoms with Crippen LogP contribution in [-0.2, 0) is 9.53 Å². The lowest BCUT2D eigenvalue weighted by Gasteiger charge is -2.44. The maximum atomic E-state index is 11.9. The number of aliphatic hydroxyl groups is 1. The van der Waals surface area contributed by atoms with Gasteiger partial charge in [-0.3, -0.25) is 9.69 Å². The lowest BCUT2D eigenvalue weighted by atomic mass is 9.76. The van der Waals surface area contributed by atoms with Gasteiger partial charge in [0.05, 0.1) is 24.9 Å². The highest BCUT2D eigenvalue weighted by molar-refractivity contribution is 5.85. The Morgan fingerprint density at radius 1 is 1.43 bits per heavy atom. The van der Waals surface area contributed by atoms with E-state index in [1.54, 1.807) is 0 Å². The number of H-pyrrole nitrogens is 1. The number of carbonyl (C=O) groups is 1. The maximum absolute atomic E-state index is 11.9. The summed E-state index contributed by atoms with van der Waals surface area (Å²) in [7, 11) is 0. The van der Waals surface area contributed by atoms with Crippen molar-refractivity contribution >= 4 is 16.9 Å². The molecule has 2 N–H and O–H groups in total. The molecule has 1 fully saturated rings. The molecule has 1 aromatic carbocycles. The number of ether oxygens (including phenoxy) is 1. The Bertz CT molecular complexity index is 739. The summed E-state index contributed by atoms with van der Waals surface area (Å²) < 4.78 is 5.12. The molecule has 2 aromatic rings. The van der Waals surface area contributed by atoms with Gasteiger partial charge in [0.15, 0.2) is 0 Å². The lowest BCUT2D eigenvalue weighted by molar-refractivity contribution is -0.146. The van der Waals surface area contributed by atoms with Gasteiger partial charge in [-0.2, -0.15) is 0 Å². The summed E-state index contributed by atoms with van der Waals surface area (Å²) >= 11 is 0. The topological polar surface area (TPSA) is 65.6 Å². The highest BCUT2D eigenvalue weighted by Crippen LogP contribution is 2.49. The first-order valence-electron chi connectivity index (χ1n) is 8.37. The van der Waals surface area contributed by atoms with Gasteiger partial charge in [-0.25, -0.2) is 0 Å². The Morgan fingerprint density at radius 3 is 3.09 bits per heavy atom. The largest absolute Gasteiger partial charge is 0.465 e. The van der Waals surface area contributed by atoms with Crippen LogP contribution in [0.5, 0.6) is 0 Å². The minimum Gasteiger partial charge on any atom is -0.465 e. The summed E-state index contributed by atoms with van der Waals surface area (Å²) in [6, 6.07) is 8.33. The number of aliphatic hydroxyl groups excluding tert-OH is 1. The van der Waals surface area contributed by atoms with Crippen molar-refractivity contribution in [2.24, 2.45) is 5.92 Å². The summed E-state index contributed by atoms with van der Waals surface area (Å²) in [5.74, 6) is 0.0949. The van der Waals surface area contributed by atoms with Crippen LogP contribution < -0.4 is 0 Å². The quantitative estimate of drug-likeness (QED) is 0.855. The van der Waals surface area contributed by atoms with E-state index in [0.29, 0.717) is 13.2 Å². The Kier molecular flexibility index (Phi) is 3.62. The number of hydrogen-bond acceptors (Lipinski definition) is 4. The molecular weight excluding hydrogens is 292 g/mol. The third kappa shape index (κ3) is 2.35. The average Bonchev–Trinajstić information content (AvgIpc) is 2.94. The summed E-state index contributed by atoms with van der Waals surface area (Å²) in [5.41, 5.74) is 3.15. The zero-order chi connectivity index (χ0) is 16.0.